The van der Waals surface area contributed by atoms with Crippen molar-refractivity contribution in [3.05, 3.63) is 69.4 Å². The van der Waals surface area contributed by atoms with Gasteiger partial charge in [-0.2, -0.15) is 5.10 Å². The van der Waals surface area contributed by atoms with Crippen molar-refractivity contribution in [2.45, 2.75) is 58.3 Å². The second kappa shape index (κ2) is 11.6. The van der Waals surface area contributed by atoms with Crippen molar-refractivity contribution in [2.75, 3.05) is 13.7 Å². The topological polar surface area (TPSA) is 115 Å². The summed E-state index contributed by atoms with van der Waals surface area (Å²) in [5.74, 6) is 1.24. The maximum atomic E-state index is 13.2. The Morgan fingerprint density at radius 2 is 1.93 bits per heavy atom. The first-order valence-corrected chi connectivity index (χ1v) is 14.1. The predicted octanol–water partition coefficient (Wildman–Crippen LogP) is 3.68. The largest absolute Gasteiger partial charge is 0.481 e. The van der Waals surface area contributed by atoms with E-state index in [9.17, 15) is 9.59 Å². The van der Waals surface area contributed by atoms with E-state index in [-0.39, 0.29) is 23.0 Å². The molecular weight excluding hydrogens is 542 g/mol. The molecule has 216 valence electrons. The van der Waals surface area contributed by atoms with Gasteiger partial charge in [-0.1, -0.05) is 35.9 Å². The van der Waals surface area contributed by atoms with Crippen LogP contribution in [0, 0.1) is 0 Å². The molecule has 3 N–H and O–H groups in total. The molecule has 0 bridgehead atoms. The van der Waals surface area contributed by atoms with Gasteiger partial charge in [-0.05, 0) is 39.3 Å². The molecule has 0 aliphatic carbocycles. The molecule has 4 heterocycles. The van der Waals surface area contributed by atoms with Gasteiger partial charge in [0.25, 0.3) is 5.56 Å². The van der Waals surface area contributed by atoms with Crippen LogP contribution in [0.25, 0.3) is 27.9 Å². The highest BCUT2D eigenvalue weighted by Gasteiger charge is 2.21. The molecule has 1 aliphatic heterocycles. The molecule has 0 spiro atoms. The minimum absolute atomic E-state index is 0.102. The van der Waals surface area contributed by atoms with E-state index in [4.69, 9.17) is 26.4 Å². The summed E-state index contributed by atoms with van der Waals surface area (Å²) >= 11 is 6.96. The maximum absolute atomic E-state index is 13.2. The first kappa shape index (κ1) is 28.8. The molecule has 3 aromatic heterocycles. The molecule has 1 amide bonds. The number of nitrogens with zero attached hydrogens (tertiary/aromatic N) is 4. The fourth-order valence-corrected chi connectivity index (χ4v) is 5.25. The van der Waals surface area contributed by atoms with Crippen molar-refractivity contribution in [3.63, 3.8) is 0 Å². The minimum Gasteiger partial charge on any atom is -0.481 e. The normalized spacial score (nSPS) is 15.5. The summed E-state index contributed by atoms with van der Waals surface area (Å²) in [5, 5.41) is 15.0. The Kier molecular flexibility index (Phi) is 8.17. The Hall–Kier alpha value is -3.73. The Labute approximate surface area is 244 Å². The number of halogens is 1. The highest BCUT2D eigenvalue weighted by Crippen LogP contribution is 2.37. The maximum Gasteiger partial charge on any atom is 0.277 e. The van der Waals surface area contributed by atoms with Crippen molar-refractivity contribution >= 4 is 23.0 Å². The van der Waals surface area contributed by atoms with Gasteiger partial charge in [0, 0.05) is 66.6 Å². The standard InChI is InChI=1S/C30H36ClN7O3/c1-30(2,3)33-16-25-36-38-17-19(13-24(38)29(40)37(25)4)21-7-6-8-22(27(21)31)23-11-9-18(28(35-23)41-5)14-32-15-20-10-12-26(39)34-20/h6-9,11,13,17,20,32-33H,10,12,14-16H2,1-5H3,(H,34,39)/t20-/m0/s1. The van der Waals surface area contributed by atoms with Gasteiger partial charge in [0.1, 0.15) is 11.3 Å². The van der Waals surface area contributed by atoms with Crippen molar-refractivity contribution in [3.8, 4) is 28.3 Å². The van der Waals surface area contributed by atoms with E-state index < -0.39 is 0 Å². The zero-order valence-corrected chi connectivity index (χ0v) is 24.8. The number of carbonyl (C=O) groups excluding carboxylic acids is 1. The van der Waals surface area contributed by atoms with Crippen LogP contribution in [0.15, 0.2) is 47.4 Å². The molecule has 4 aromatic rings. The summed E-state index contributed by atoms with van der Waals surface area (Å²) < 4.78 is 8.80. The van der Waals surface area contributed by atoms with Crippen LogP contribution in [-0.2, 0) is 24.9 Å². The van der Waals surface area contributed by atoms with Gasteiger partial charge < -0.3 is 20.7 Å². The van der Waals surface area contributed by atoms with Crippen molar-refractivity contribution in [2.24, 2.45) is 7.05 Å². The van der Waals surface area contributed by atoms with Gasteiger partial charge in [0.15, 0.2) is 0 Å². The van der Waals surface area contributed by atoms with Crippen LogP contribution in [0.3, 0.4) is 0 Å². The van der Waals surface area contributed by atoms with Crippen LogP contribution in [0.2, 0.25) is 5.02 Å². The Morgan fingerprint density at radius 1 is 1.15 bits per heavy atom. The van der Waals surface area contributed by atoms with Gasteiger partial charge >= 0.3 is 0 Å². The molecule has 1 aliphatic rings. The SMILES string of the molecule is COc1nc(-c2cccc(-c3cc4c(=O)n(C)c(CNC(C)(C)C)nn4c3)c2Cl)ccc1CNC[C@@H]1CCC(=O)N1. The second-order valence-corrected chi connectivity index (χ2v) is 11.8. The molecule has 10 nitrogen and oxygen atoms in total. The number of methoxy groups -OCH3 is 1. The zero-order valence-electron chi connectivity index (χ0n) is 24.0. The first-order valence-electron chi connectivity index (χ1n) is 13.7. The average molecular weight is 578 g/mol. The van der Waals surface area contributed by atoms with E-state index in [1.165, 1.54) is 0 Å². The summed E-state index contributed by atoms with van der Waals surface area (Å²) in [5.41, 5.74) is 4.13. The van der Waals surface area contributed by atoms with E-state index in [1.807, 2.05) is 42.6 Å². The van der Waals surface area contributed by atoms with Gasteiger partial charge in [0.05, 0.1) is 24.4 Å². The third-order valence-electron chi connectivity index (χ3n) is 7.22. The Morgan fingerprint density at radius 3 is 2.63 bits per heavy atom. The number of fused-ring (bicyclic) bond motifs is 1. The van der Waals surface area contributed by atoms with Crippen molar-refractivity contribution in [1.29, 1.82) is 0 Å². The number of carbonyl (C=O) groups is 1. The van der Waals surface area contributed by atoms with E-state index in [1.54, 1.807) is 23.2 Å². The van der Waals surface area contributed by atoms with Crippen LogP contribution in [-0.4, -0.2) is 50.3 Å². The van der Waals surface area contributed by atoms with Gasteiger partial charge in [-0.25, -0.2) is 9.50 Å². The fraction of sp³-hybridized carbons (Fsp3) is 0.400. The number of amides is 1. The average Bonchev–Trinajstić information content (AvgIpc) is 3.55. The Bertz CT molecular complexity index is 1650. The Balaban J connectivity index is 1.41. The lowest BCUT2D eigenvalue weighted by Crippen LogP contribution is -2.37. The van der Waals surface area contributed by atoms with Gasteiger partial charge in [0.2, 0.25) is 11.8 Å². The fourth-order valence-electron chi connectivity index (χ4n) is 4.92. The predicted molar refractivity (Wildman–Crippen MR) is 160 cm³/mol. The van der Waals surface area contributed by atoms with E-state index in [2.05, 4.69) is 36.7 Å². The van der Waals surface area contributed by atoms with E-state index >= 15 is 0 Å². The van der Waals surface area contributed by atoms with Crippen LogP contribution < -0.4 is 26.2 Å². The minimum atomic E-state index is -0.129. The lowest BCUT2D eigenvalue weighted by atomic mass is 10.0. The number of pyridine rings is 1. The molecule has 0 unspecified atom stereocenters. The molecule has 41 heavy (non-hydrogen) atoms. The molecule has 1 fully saturated rings. The third kappa shape index (κ3) is 6.29. The molecule has 1 aromatic carbocycles. The smallest absolute Gasteiger partial charge is 0.277 e. The van der Waals surface area contributed by atoms with Gasteiger partial charge in [-0.3, -0.25) is 14.2 Å². The van der Waals surface area contributed by atoms with Crippen LogP contribution >= 0.6 is 11.6 Å². The number of hydrogen-bond donors (Lipinski definition) is 3. The summed E-state index contributed by atoms with van der Waals surface area (Å²) in [6.45, 7) is 7.92. The molecule has 1 atom stereocenters. The lowest BCUT2D eigenvalue weighted by molar-refractivity contribution is -0.119. The molecule has 1 saturated heterocycles. The number of nitrogens with one attached hydrogen (secondary N) is 3. The number of ether oxygens (including phenoxy) is 1. The van der Waals surface area contributed by atoms with E-state index in [0.29, 0.717) is 54.0 Å². The first-order chi connectivity index (χ1) is 19.5. The van der Waals surface area contributed by atoms with Gasteiger partial charge in [-0.15, -0.1) is 0 Å². The molecule has 5 rings (SSSR count). The van der Waals surface area contributed by atoms with E-state index in [0.717, 1.165) is 28.7 Å². The van der Waals surface area contributed by atoms with Crippen LogP contribution in [0.4, 0.5) is 0 Å². The molecule has 11 heteroatoms. The van der Waals surface area contributed by atoms with Crippen LogP contribution in [0.5, 0.6) is 5.88 Å². The number of aromatic nitrogens is 4. The highest BCUT2D eigenvalue weighted by molar-refractivity contribution is 6.36. The summed E-state index contributed by atoms with van der Waals surface area (Å²) in [7, 11) is 3.33. The zero-order chi connectivity index (χ0) is 29.3. The van der Waals surface area contributed by atoms with Crippen LogP contribution in [0.1, 0.15) is 45.0 Å². The second-order valence-electron chi connectivity index (χ2n) is 11.4. The summed E-state index contributed by atoms with van der Waals surface area (Å²) in [4.78, 5) is 29.3. The molecular formula is C30H36ClN7O3. The quantitative estimate of drug-likeness (QED) is 0.278. The monoisotopic (exact) mass is 577 g/mol. The third-order valence-corrected chi connectivity index (χ3v) is 7.63. The number of rotatable bonds is 9. The van der Waals surface area contributed by atoms with Crippen molar-refractivity contribution in [1.82, 2.24) is 35.1 Å². The molecule has 0 radical (unpaired) electrons. The summed E-state index contributed by atoms with van der Waals surface area (Å²) in [6, 6.07) is 11.6. The molecule has 0 saturated carbocycles. The lowest BCUT2D eigenvalue weighted by Gasteiger charge is -2.20. The highest BCUT2D eigenvalue weighted by atomic mass is 35.5. The summed E-state index contributed by atoms with van der Waals surface area (Å²) in [6.07, 6.45) is 3.25. The number of hydrogen-bond acceptors (Lipinski definition) is 7. The number of benzene rings is 1. The van der Waals surface area contributed by atoms with Crippen molar-refractivity contribution < 1.29 is 9.53 Å².